The Bertz CT molecular complexity index is 1150. The highest BCUT2D eigenvalue weighted by Crippen LogP contribution is 2.22. The molecule has 0 radical (unpaired) electrons. The molecule has 1 aliphatic rings. The van der Waals surface area contributed by atoms with Crippen molar-refractivity contribution >= 4 is 17.3 Å². The van der Waals surface area contributed by atoms with Crippen molar-refractivity contribution in [3.8, 4) is 0 Å². The van der Waals surface area contributed by atoms with Crippen LogP contribution in [-0.2, 0) is 6.42 Å². The number of rotatable bonds is 4. The molecular weight excluding hydrogens is 379 g/mol. The molecule has 4 aromatic rings. The zero-order valence-corrected chi connectivity index (χ0v) is 16.9. The van der Waals surface area contributed by atoms with Crippen LogP contribution in [0.5, 0.6) is 0 Å². The van der Waals surface area contributed by atoms with E-state index in [2.05, 4.69) is 38.0 Å². The third kappa shape index (κ3) is 3.70. The lowest BCUT2D eigenvalue weighted by Crippen LogP contribution is -2.47. The number of benzene rings is 2. The largest absolute Gasteiger partial charge is 0.368 e. The summed E-state index contributed by atoms with van der Waals surface area (Å²) in [6, 6.07) is 19.0. The lowest BCUT2D eigenvalue weighted by molar-refractivity contribution is 0.622. The number of halogens is 1. The summed E-state index contributed by atoms with van der Waals surface area (Å²) in [5.41, 5.74) is 3.16. The lowest BCUT2D eigenvalue weighted by Gasteiger charge is -2.37. The van der Waals surface area contributed by atoms with Crippen LogP contribution in [0, 0.1) is 12.7 Å². The first-order valence-corrected chi connectivity index (χ1v) is 10.2. The smallest absolute Gasteiger partial charge is 0.254 e. The van der Waals surface area contributed by atoms with Crippen molar-refractivity contribution in [3.63, 3.8) is 0 Å². The van der Waals surface area contributed by atoms with Crippen LogP contribution in [0.1, 0.15) is 17.1 Å². The molecule has 0 bridgehead atoms. The second kappa shape index (κ2) is 7.74. The normalized spacial score (nSPS) is 14.5. The Kier molecular flexibility index (Phi) is 4.78. The molecule has 2 aromatic carbocycles. The van der Waals surface area contributed by atoms with Gasteiger partial charge in [-0.25, -0.2) is 9.37 Å². The maximum atomic E-state index is 13.2. The van der Waals surface area contributed by atoms with Gasteiger partial charge in [-0.05, 0) is 36.8 Å². The Morgan fingerprint density at radius 1 is 0.867 bits per heavy atom. The van der Waals surface area contributed by atoms with Crippen LogP contribution in [0.2, 0.25) is 0 Å². The topological polar surface area (TPSA) is 49.6 Å². The van der Waals surface area contributed by atoms with E-state index in [1.54, 1.807) is 0 Å². The minimum atomic E-state index is -0.204. The highest BCUT2D eigenvalue weighted by Gasteiger charge is 2.21. The Hall–Kier alpha value is -3.48. The Morgan fingerprint density at radius 3 is 2.30 bits per heavy atom. The van der Waals surface area contributed by atoms with Crippen molar-refractivity contribution in [2.45, 2.75) is 13.3 Å². The van der Waals surface area contributed by atoms with Crippen molar-refractivity contribution in [3.05, 3.63) is 83.6 Å². The number of hydrogen-bond donors (Lipinski definition) is 0. The number of fused-ring (bicyclic) bond motifs is 1. The summed E-state index contributed by atoms with van der Waals surface area (Å²) < 4.78 is 15.1. The minimum absolute atomic E-state index is 0.204. The Morgan fingerprint density at radius 2 is 1.57 bits per heavy atom. The van der Waals surface area contributed by atoms with Crippen molar-refractivity contribution in [1.82, 2.24) is 19.6 Å². The lowest BCUT2D eigenvalue weighted by atomic mass is 10.1. The minimum Gasteiger partial charge on any atom is -0.368 e. The van der Waals surface area contributed by atoms with Gasteiger partial charge in [0, 0.05) is 50.0 Å². The van der Waals surface area contributed by atoms with Crippen molar-refractivity contribution < 1.29 is 4.39 Å². The molecule has 30 heavy (non-hydrogen) atoms. The molecule has 6 nitrogen and oxygen atoms in total. The van der Waals surface area contributed by atoms with Crippen molar-refractivity contribution in [2.75, 3.05) is 36.0 Å². The molecule has 0 aliphatic carbocycles. The van der Waals surface area contributed by atoms with Gasteiger partial charge in [-0.2, -0.15) is 9.50 Å². The maximum absolute atomic E-state index is 13.2. The van der Waals surface area contributed by atoms with E-state index in [9.17, 15) is 4.39 Å². The van der Waals surface area contributed by atoms with E-state index in [4.69, 9.17) is 5.10 Å². The number of nitrogens with zero attached hydrogens (tertiary/aromatic N) is 6. The van der Waals surface area contributed by atoms with Crippen LogP contribution < -0.4 is 9.80 Å². The first kappa shape index (κ1) is 18.5. The molecule has 152 valence electrons. The highest BCUT2D eigenvalue weighted by atomic mass is 19.1. The van der Waals surface area contributed by atoms with Gasteiger partial charge in [0.1, 0.15) is 11.6 Å². The van der Waals surface area contributed by atoms with Crippen LogP contribution in [0.15, 0.2) is 60.7 Å². The fourth-order valence-electron chi connectivity index (χ4n) is 3.93. The molecule has 0 saturated carbocycles. The van der Waals surface area contributed by atoms with Gasteiger partial charge in [-0.15, -0.1) is 5.10 Å². The second-order valence-electron chi connectivity index (χ2n) is 7.61. The summed E-state index contributed by atoms with van der Waals surface area (Å²) in [6.45, 7) is 5.41. The van der Waals surface area contributed by atoms with Crippen molar-refractivity contribution in [1.29, 1.82) is 0 Å². The number of piperazine rings is 1. The first-order chi connectivity index (χ1) is 14.7. The van der Waals surface area contributed by atoms with Crippen LogP contribution in [0.3, 0.4) is 0 Å². The molecular formula is C23H23FN6. The summed E-state index contributed by atoms with van der Waals surface area (Å²) in [6.07, 6.45) is 0.682. The second-order valence-corrected chi connectivity index (χ2v) is 7.61. The predicted octanol–water partition coefficient (Wildman–Crippen LogP) is 3.49. The summed E-state index contributed by atoms with van der Waals surface area (Å²) in [5.74, 6) is 2.22. The fourth-order valence-corrected chi connectivity index (χ4v) is 3.93. The number of hydrogen-bond acceptors (Lipinski definition) is 5. The standard InChI is InChI=1S/C23H23FN6/c1-17-15-22(29-13-11-28(12-14-29)20-9-7-19(24)8-10-20)30-23(25-17)26-21(27-30)16-18-5-3-2-4-6-18/h2-10,15H,11-14,16H2,1H3. The maximum Gasteiger partial charge on any atom is 0.254 e. The monoisotopic (exact) mass is 402 g/mol. The molecule has 0 amide bonds. The van der Waals surface area contributed by atoms with Crippen molar-refractivity contribution in [2.24, 2.45) is 0 Å². The zero-order valence-electron chi connectivity index (χ0n) is 16.9. The van der Waals surface area contributed by atoms with Gasteiger partial charge in [0.2, 0.25) is 0 Å². The summed E-state index contributed by atoms with van der Waals surface area (Å²) in [5, 5.41) is 4.76. The van der Waals surface area contributed by atoms with Gasteiger partial charge in [0.25, 0.3) is 5.78 Å². The third-order valence-corrected chi connectivity index (χ3v) is 5.47. The molecule has 3 heterocycles. The molecule has 1 fully saturated rings. The van der Waals surface area contributed by atoms with E-state index in [0.29, 0.717) is 12.2 Å². The first-order valence-electron chi connectivity index (χ1n) is 10.2. The highest BCUT2D eigenvalue weighted by molar-refractivity contribution is 5.52. The average Bonchev–Trinajstić information content (AvgIpc) is 3.16. The van der Waals surface area contributed by atoms with Crippen LogP contribution in [0.25, 0.3) is 5.78 Å². The average molecular weight is 402 g/mol. The van der Waals surface area contributed by atoms with E-state index >= 15 is 0 Å². The molecule has 1 aliphatic heterocycles. The summed E-state index contributed by atoms with van der Waals surface area (Å²) in [4.78, 5) is 13.8. The molecule has 0 N–H and O–H groups in total. The molecule has 0 spiro atoms. The number of anilines is 2. The van der Waals surface area contributed by atoms with Crippen LogP contribution >= 0.6 is 0 Å². The number of aryl methyl sites for hydroxylation is 1. The molecule has 7 heteroatoms. The van der Waals surface area contributed by atoms with Gasteiger partial charge in [-0.3, -0.25) is 0 Å². The van der Waals surface area contributed by atoms with E-state index in [-0.39, 0.29) is 5.82 Å². The molecule has 5 rings (SSSR count). The van der Waals surface area contributed by atoms with E-state index in [0.717, 1.165) is 49.2 Å². The Labute approximate surface area is 174 Å². The summed E-state index contributed by atoms with van der Waals surface area (Å²) >= 11 is 0. The van der Waals surface area contributed by atoms with Crippen LogP contribution in [0.4, 0.5) is 15.9 Å². The van der Waals surface area contributed by atoms with Gasteiger partial charge >= 0.3 is 0 Å². The molecule has 0 unspecified atom stereocenters. The van der Waals surface area contributed by atoms with E-state index in [1.165, 1.54) is 17.7 Å². The predicted molar refractivity (Wildman–Crippen MR) is 116 cm³/mol. The van der Waals surface area contributed by atoms with E-state index in [1.807, 2.05) is 41.8 Å². The fraction of sp³-hybridized carbons (Fsp3) is 0.261. The zero-order chi connectivity index (χ0) is 20.5. The van der Waals surface area contributed by atoms with Gasteiger partial charge < -0.3 is 9.80 Å². The van der Waals surface area contributed by atoms with Gasteiger partial charge in [0.05, 0.1) is 0 Å². The third-order valence-electron chi connectivity index (χ3n) is 5.47. The SMILES string of the molecule is Cc1cc(N2CCN(c3ccc(F)cc3)CC2)n2nc(Cc3ccccc3)nc2n1. The summed E-state index contributed by atoms with van der Waals surface area (Å²) in [7, 11) is 0. The molecule has 1 saturated heterocycles. The Balaban J connectivity index is 1.38. The quantitative estimate of drug-likeness (QED) is 0.523. The van der Waals surface area contributed by atoms with Gasteiger partial charge in [-0.1, -0.05) is 30.3 Å². The van der Waals surface area contributed by atoms with E-state index < -0.39 is 0 Å². The molecule has 2 aromatic heterocycles. The van der Waals surface area contributed by atoms with Gasteiger partial charge in [0.15, 0.2) is 5.82 Å². The number of aromatic nitrogens is 4. The molecule has 0 atom stereocenters. The van der Waals surface area contributed by atoms with Crippen LogP contribution in [-0.4, -0.2) is 45.8 Å².